The highest BCUT2D eigenvalue weighted by Crippen LogP contribution is 2.15. The summed E-state index contributed by atoms with van der Waals surface area (Å²) >= 11 is 0. The number of amides is 1. The Labute approximate surface area is 103 Å². The van der Waals surface area contributed by atoms with E-state index in [0.29, 0.717) is 18.2 Å². The zero-order valence-corrected chi connectivity index (χ0v) is 10.8. The van der Waals surface area contributed by atoms with Gasteiger partial charge in [-0.15, -0.1) is 0 Å². The first-order chi connectivity index (χ1) is 8.00. The Morgan fingerprint density at radius 2 is 2.18 bits per heavy atom. The van der Waals surface area contributed by atoms with Crippen LogP contribution in [0.4, 0.5) is 11.5 Å². The Bertz CT molecular complexity index is 359. The molecular formula is C13H21N3O. The van der Waals surface area contributed by atoms with Crippen LogP contribution in [0.2, 0.25) is 0 Å². The molecule has 17 heavy (non-hydrogen) atoms. The fourth-order valence-corrected chi connectivity index (χ4v) is 1.57. The topological polar surface area (TPSA) is 59.2 Å². The van der Waals surface area contributed by atoms with E-state index in [1.165, 1.54) is 0 Å². The molecule has 0 saturated heterocycles. The van der Waals surface area contributed by atoms with Gasteiger partial charge in [-0.05, 0) is 24.5 Å². The van der Waals surface area contributed by atoms with Crippen molar-refractivity contribution < 1.29 is 4.79 Å². The van der Waals surface area contributed by atoms with E-state index in [0.717, 1.165) is 18.5 Å². The van der Waals surface area contributed by atoms with Crippen molar-refractivity contribution in [3.8, 4) is 0 Å². The van der Waals surface area contributed by atoms with Gasteiger partial charge in [-0.1, -0.05) is 20.3 Å². The minimum Gasteiger partial charge on any atom is -0.384 e. The standard InChI is InChI=1S/C13H21N3O/c1-10(2)5-4-6-13(17)16(3)11-7-8-12(14)15-9-11/h7-10H,4-6H2,1-3H3,(H2,14,15). The van der Waals surface area contributed by atoms with E-state index in [1.54, 1.807) is 24.2 Å². The predicted octanol–water partition coefficient (Wildman–Crippen LogP) is 2.45. The number of nitrogens with two attached hydrogens (primary N) is 1. The van der Waals surface area contributed by atoms with Gasteiger partial charge >= 0.3 is 0 Å². The van der Waals surface area contributed by atoms with Crippen LogP contribution in [0, 0.1) is 5.92 Å². The van der Waals surface area contributed by atoms with Gasteiger partial charge in [0.15, 0.2) is 0 Å². The Morgan fingerprint density at radius 3 is 2.71 bits per heavy atom. The van der Waals surface area contributed by atoms with Crippen LogP contribution in [-0.2, 0) is 4.79 Å². The van der Waals surface area contributed by atoms with E-state index in [1.807, 2.05) is 6.07 Å². The quantitative estimate of drug-likeness (QED) is 0.852. The van der Waals surface area contributed by atoms with Gasteiger partial charge in [0, 0.05) is 13.5 Å². The molecule has 0 atom stereocenters. The maximum atomic E-state index is 11.9. The Morgan fingerprint density at radius 1 is 1.47 bits per heavy atom. The van der Waals surface area contributed by atoms with Gasteiger partial charge in [-0.25, -0.2) is 4.98 Å². The van der Waals surface area contributed by atoms with Gasteiger partial charge in [-0.3, -0.25) is 4.79 Å². The van der Waals surface area contributed by atoms with Crippen LogP contribution in [0.1, 0.15) is 33.1 Å². The molecule has 2 N–H and O–H groups in total. The van der Waals surface area contributed by atoms with Crippen LogP contribution in [0.5, 0.6) is 0 Å². The second-order valence-electron chi connectivity index (χ2n) is 4.68. The largest absolute Gasteiger partial charge is 0.384 e. The number of carbonyl (C=O) groups is 1. The zero-order valence-electron chi connectivity index (χ0n) is 10.8. The number of carbonyl (C=O) groups excluding carboxylic acids is 1. The molecule has 1 rings (SSSR count). The van der Waals surface area contributed by atoms with Crippen molar-refractivity contribution in [2.45, 2.75) is 33.1 Å². The summed E-state index contributed by atoms with van der Waals surface area (Å²) in [6, 6.07) is 3.51. The fourth-order valence-electron chi connectivity index (χ4n) is 1.57. The number of pyridine rings is 1. The number of hydrogen-bond acceptors (Lipinski definition) is 3. The molecule has 4 nitrogen and oxygen atoms in total. The second-order valence-corrected chi connectivity index (χ2v) is 4.68. The molecule has 0 spiro atoms. The molecule has 0 aromatic carbocycles. The molecule has 0 radical (unpaired) electrons. The molecule has 1 heterocycles. The number of rotatable bonds is 5. The third-order valence-corrected chi connectivity index (χ3v) is 2.70. The molecule has 4 heteroatoms. The first-order valence-electron chi connectivity index (χ1n) is 5.98. The monoisotopic (exact) mass is 235 g/mol. The second kappa shape index (κ2) is 6.23. The molecule has 0 saturated carbocycles. The Hall–Kier alpha value is -1.58. The van der Waals surface area contributed by atoms with Crippen LogP contribution < -0.4 is 10.6 Å². The van der Waals surface area contributed by atoms with E-state index in [2.05, 4.69) is 18.8 Å². The lowest BCUT2D eigenvalue weighted by Gasteiger charge is -2.17. The van der Waals surface area contributed by atoms with Gasteiger partial charge in [0.1, 0.15) is 5.82 Å². The maximum absolute atomic E-state index is 11.9. The van der Waals surface area contributed by atoms with Crippen LogP contribution in [0.25, 0.3) is 0 Å². The number of nitrogens with zero attached hydrogens (tertiary/aromatic N) is 2. The highest BCUT2D eigenvalue weighted by molar-refractivity contribution is 5.92. The molecule has 1 aromatic rings. The Balaban J connectivity index is 2.49. The number of nitrogen functional groups attached to an aromatic ring is 1. The van der Waals surface area contributed by atoms with Crippen LogP contribution in [0.15, 0.2) is 18.3 Å². The lowest BCUT2D eigenvalue weighted by molar-refractivity contribution is -0.118. The third kappa shape index (κ3) is 4.43. The van der Waals surface area contributed by atoms with Crippen LogP contribution in [0.3, 0.4) is 0 Å². The fraction of sp³-hybridized carbons (Fsp3) is 0.538. The minimum absolute atomic E-state index is 0.122. The molecule has 1 aromatic heterocycles. The first kappa shape index (κ1) is 13.5. The predicted molar refractivity (Wildman–Crippen MR) is 70.7 cm³/mol. The smallest absolute Gasteiger partial charge is 0.226 e. The summed E-state index contributed by atoms with van der Waals surface area (Å²) in [4.78, 5) is 17.5. The average Bonchev–Trinajstić information content (AvgIpc) is 2.28. The number of anilines is 2. The molecule has 1 amide bonds. The van der Waals surface area contributed by atoms with E-state index < -0.39 is 0 Å². The number of hydrogen-bond donors (Lipinski definition) is 1. The highest BCUT2D eigenvalue weighted by Gasteiger charge is 2.10. The highest BCUT2D eigenvalue weighted by atomic mass is 16.2. The maximum Gasteiger partial charge on any atom is 0.226 e. The van der Waals surface area contributed by atoms with E-state index >= 15 is 0 Å². The van der Waals surface area contributed by atoms with Gasteiger partial charge in [0.2, 0.25) is 5.91 Å². The van der Waals surface area contributed by atoms with Crippen molar-refractivity contribution in [1.82, 2.24) is 4.98 Å². The summed E-state index contributed by atoms with van der Waals surface area (Å²) in [5, 5.41) is 0. The molecule has 0 bridgehead atoms. The summed E-state index contributed by atoms with van der Waals surface area (Å²) in [5.41, 5.74) is 6.29. The molecule has 94 valence electrons. The summed E-state index contributed by atoms with van der Waals surface area (Å²) in [5.74, 6) is 1.23. The average molecular weight is 235 g/mol. The van der Waals surface area contributed by atoms with Crippen LogP contribution in [-0.4, -0.2) is 17.9 Å². The summed E-state index contributed by atoms with van der Waals surface area (Å²) < 4.78 is 0. The summed E-state index contributed by atoms with van der Waals surface area (Å²) in [6.45, 7) is 4.33. The molecular weight excluding hydrogens is 214 g/mol. The summed E-state index contributed by atoms with van der Waals surface area (Å²) in [7, 11) is 1.77. The van der Waals surface area contributed by atoms with Crippen LogP contribution >= 0.6 is 0 Å². The van der Waals surface area contributed by atoms with Crippen molar-refractivity contribution in [2.24, 2.45) is 5.92 Å². The molecule has 0 fully saturated rings. The zero-order chi connectivity index (χ0) is 12.8. The van der Waals surface area contributed by atoms with Crippen molar-refractivity contribution in [2.75, 3.05) is 17.7 Å². The SMILES string of the molecule is CC(C)CCCC(=O)N(C)c1ccc(N)nc1. The van der Waals surface area contributed by atoms with E-state index in [-0.39, 0.29) is 5.91 Å². The minimum atomic E-state index is 0.122. The van der Waals surface area contributed by atoms with E-state index in [9.17, 15) is 4.79 Å². The van der Waals surface area contributed by atoms with Gasteiger partial charge in [-0.2, -0.15) is 0 Å². The Kier molecular flexibility index (Phi) is 4.94. The summed E-state index contributed by atoms with van der Waals surface area (Å²) in [6.07, 6.45) is 4.22. The lowest BCUT2D eigenvalue weighted by Crippen LogP contribution is -2.26. The third-order valence-electron chi connectivity index (χ3n) is 2.70. The van der Waals surface area contributed by atoms with Gasteiger partial charge < -0.3 is 10.6 Å². The molecule has 0 aliphatic rings. The van der Waals surface area contributed by atoms with E-state index in [4.69, 9.17) is 5.73 Å². The molecule has 0 unspecified atom stereocenters. The molecule has 0 aliphatic heterocycles. The van der Waals surface area contributed by atoms with Crippen molar-refractivity contribution in [3.05, 3.63) is 18.3 Å². The van der Waals surface area contributed by atoms with Crippen molar-refractivity contribution in [3.63, 3.8) is 0 Å². The normalized spacial score (nSPS) is 10.6. The molecule has 0 aliphatic carbocycles. The lowest BCUT2D eigenvalue weighted by atomic mass is 10.1. The van der Waals surface area contributed by atoms with Gasteiger partial charge in [0.05, 0.1) is 11.9 Å². The van der Waals surface area contributed by atoms with Gasteiger partial charge in [0.25, 0.3) is 0 Å². The van der Waals surface area contributed by atoms with Crippen molar-refractivity contribution in [1.29, 1.82) is 0 Å². The first-order valence-corrected chi connectivity index (χ1v) is 5.98. The number of aromatic nitrogens is 1. The van der Waals surface area contributed by atoms with Crippen molar-refractivity contribution >= 4 is 17.4 Å².